The minimum Gasteiger partial charge on any atom is -0.342 e. The number of hydrogen-bond acceptors (Lipinski definition) is 4. The Labute approximate surface area is 119 Å². The molecule has 2 rings (SSSR count). The van der Waals surface area contributed by atoms with E-state index in [2.05, 4.69) is 22.6 Å². The van der Waals surface area contributed by atoms with Gasteiger partial charge in [-0.3, -0.25) is 4.79 Å². The molecular formula is C14H23N3OS. The molecule has 0 saturated carbocycles. The van der Waals surface area contributed by atoms with Crippen molar-refractivity contribution < 1.29 is 4.79 Å². The number of nitrogens with zero attached hydrogens (tertiary/aromatic N) is 2. The Kier molecular flexibility index (Phi) is 4.93. The highest BCUT2D eigenvalue weighted by molar-refractivity contribution is 7.07. The number of hydrogen-bond donors (Lipinski definition) is 1. The molecule has 1 saturated heterocycles. The van der Waals surface area contributed by atoms with Crippen LogP contribution in [0.1, 0.15) is 32.9 Å². The standard InChI is InChI=1S/C14H23N3OS/c1-10(2)14(18)17-5-4-13(11(3)7-17)15-6-12-8-19-9-16-12/h8-11,13,15H,4-7H2,1-3H3/t11-,13-/m1/s1. The fourth-order valence-corrected chi connectivity index (χ4v) is 3.13. The molecule has 106 valence electrons. The molecule has 0 unspecified atom stereocenters. The normalized spacial score (nSPS) is 23.9. The zero-order chi connectivity index (χ0) is 13.8. The van der Waals surface area contributed by atoms with Crippen molar-refractivity contribution in [1.29, 1.82) is 0 Å². The molecule has 1 aliphatic rings. The molecule has 19 heavy (non-hydrogen) atoms. The van der Waals surface area contributed by atoms with Gasteiger partial charge < -0.3 is 10.2 Å². The van der Waals surface area contributed by atoms with Gasteiger partial charge in [-0.2, -0.15) is 0 Å². The van der Waals surface area contributed by atoms with Gasteiger partial charge in [0.2, 0.25) is 5.91 Å². The number of piperidine rings is 1. The van der Waals surface area contributed by atoms with E-state index in [4.69, 9.17) is 0 Å². The lowest BCUT2D eigenvalue weighted by Crippen LogP contribution is -2.50. The highest BCUT2D eigenvalue weighted by Gasteiger charge is 2.29. The minimum atomic E-state index is 0.103. The van der Waals surface area contributed by atoms with Gasteiger partial charge in [-0.15, -0.1) is 11.3 Å². The zero-order valence-electron chi connectivity index (χ0n) is 11.9. The van der Waals surface area contributed by atoms with E-state index in [1.54, 1.807) is 11.3 Å². The van der Waals surface area contributed by atoms with Crippen molar-refractivity contribution in [2.24, 2.45) is 11.8 Å². The maximum atomic E-state index is 12.0. The Balaban J connectivity index is 1.81. The summed E-state index contributed by atoms with van der Waals surface area (Å²) in [5, 5.41) is 5.65. The minimum absolute atomic E-state index is 0.103. The van der Waals surface area contributed by atoms with Crippen LogP contribution in [0.3, 0.4) is 0 Å². The number of likely N-dealkylation sites (tertiary alicyclic amines) is 1. The van der Waals surface area contributed by atoms with Gasteiger partial charge in [0, 0.05) is 37.0 Å². The molecular weight excluding hydrogens is 258 g/mol. The van der Waals surface area contributed by atoms with Gasteiger partial charge >= 0.3 is 0 Å². The van der Waals surface area contributed by atoms with Crippen LogP contribution in [0.5, 0.6) is 0 Å². The third-order valence-electron chi connectivity index (χ3n) is 3.74. The van der Waals surface area contributed by atoms with E-state index < -0.39 is 0 Å². The van der Waals surface area contributed by atoms with E-state index in [1.807, 2.05) is 24.3 Å². The summed E-state index contributed by atoms with van der Waals surface area (Å²) in [7, 11) is 0. The quantitative estimate of drug-likeness (QED) is 0.919. The van der Waals surface area contributed by atoms with Crippen molar-refractivity contribution in [2.75, 3.05) is 13.1 Å². The van der Waals surface area contributed by atoms with E-state index in [1.165, 1.54) is 0 Å². The predicted octanol–water partition coefficient (Wildman–Crippen LogP) is 2.13. The lowest BCUT2D eigenvalue weighted by Gasteiger charge is -2.38. The monoisotopic (exact) mass is 281 g/mol. The Bertz CT molecular complexity index is 405. The van der Waals surface area contributed by atoms with Crippen LogP contribution < -0.4 is 5.32 Å². The third kappa shape index (κ3) is 3.76. The Morgan fingerprint density at radius 1 is 1.63 bits per heavy atom. The van der Waals surface area contributed by atoms with E-state index in [0.717, 1.165) is 31.7 Å². The second kappa shape index (κ2) is 6.48. The first-order valence-electron chi connectivity index (χ1n) is 6.97. The average Bonchev–Trinajstić information content (AvgIpc) is 2.89. The molecule has 2 heterocycles. The number of nitrogens with one attached hydrogen (secondary N) is 1. The largest absolute Gasteiger partial charge is 0.342 e. The molecule has 1 aliphatic heterocycles. The molecule has 0 aliphatic carbocycles. The van der Waals surface area contributed by atoms with Gasteiger partial charge in [0.15, 0.2) is 0 Å². The second-order valence-electron chi connectivity index (χ2n) is 5.67. The summed E-state index contributed by atoms with van der Waals surface area (Å²) < 4.78 is 0. The smallest absolute Gasteiger partial charge is 0.225 e. The molecule has 5 heteroatoms. The molecule has 2 atom stereocenters. The maximum absolute atomic E-state index is 12.0. The Morgan fingerprint density at radius 2 is 2.42 bits per heavy atom. The summed E-state index contributed by atoms with van der Waals surface area (Å²) in [6.45, 7) is 8.73. The molecule has 1 aromatic heterocycles. The van der Waals surface area contributed by atoms with Crippen molar-refractivity contribution in [2.45, 2.75) is 39.8 Å². The number of aromatic nitrogens is 1. The first-order valence-corrected chi connectivity index (χ1v) is 7.91. The third-order valence-corrected chi connectivity index (χ3v) is 4.37. The van der Waals surface area contributed by atoms with Gasteiger partial charge in [0.1, 0.15) is 0 Å². The van der Waals surface area contributed by atoms with E-state index in [-0.39, 0.29) is 11.8 Å². The van der Waals surface area contributed by atoms with Crippen LogP contribution in [-0.4, -0.2) is 34.9 Å². The first-order chi connectivity index (χ1) is 9.08. The molecule has 0 bridgehead atoms. The Morgan fingerprint density at radius 3 is 3.00 bits per heavy atom. The number of carbonyl (C=O) groups is 1. The summed E-state index contributed by atoms with van der Waals surface area (Å²) in [4.78, 5) is 18.3. The first kappa shape index (κ1) is 14.5. The van der Waals surface area contributed by atoms with Gasteiger partial charge in [0.25, 0.3) is 0 Å². The maximum Gasteiger partial charge on any atom is 0.225 e. The summed E-state index contributed by atoms with van der Waals surface area (Å²) in [5.74, 6) is 0.881. The average molecular weight is 281 g/mol. The topological polar surface area (TPSA) is 45.2 Å². The fraction of sp³-hybridized carbons (Fsp3) is 0.714. The van der Waals surface area contributed by atoms with Gasteiger partial charge in [-0.25, -0.2) is 4.98 Å². The highest BCUT2D eigenvalue weighted by atomic mass is 32.1. The van der Waals surface area contributed by atoms with Crippen molar-refractivity contribution in [3.8, 4) is 0 Å². The van der Waals surface area contributed by atoms with Crippen LogP contribution >= 0.6 is 11.3 Å². The van der Waals surface area contributed by atoms with E-state index in [0.29, 0.717) is 12.0 Å². The molecule has 4 nitrogen and oxygen atoms in total. The number of amides is 1. The summed E-state index contributed by atoms with van der Waals surface area (Å²) in [5.41, 5.74) is 2.97. The molecule has 0 radical (unpaired) electrons. The molecule has 0 spiro atoms. The molecule has 1 N–H and O–H groups in total. The van der Waals surface area contributed by atoms with Crippen LogP contribution in [0.25, 0.3) is 0 Å². The Hall–Kier alpha value is -0.940. The molecule has 1 aromatic rings. The van der Waals surface area contributed by atoms with Crippen molar-refractivity contribution in [3.63, 3.8) is 0 Å². The van der Waals surface area contributed by atoms with Crippen molar-refractivity contribution in [3.05, 3.63) is 16.6 Å². The number of rotatable bonds is 4. The van der Waals surface area contributed by atoms with Gasteiger partial charge in [-0.05, 0) is 12.3 Å². The van der Waals surface area contributed by atoms with Crippen LogP contribution in [0.15, 0.2) is 10.9 Å². The lowest BCUT2D eigenvalue weighted by molar-refractivity contribution is -0.136. The highest BCUT2D eigenvalue weighted by Crippen LogP contribution is 2.19. The molecule has 1 amide bonds. The summed E-state index contributed by atoms with van der Waals surface area (Å²) in [6, 6.07) is 0.484. The van der Waals surface area contributed by atoms with Crippen molar-refractivity contribution in [1.82, 2.24) is 15.2 Å². The second-order valence-corrected chi connectivity index (χ2v) is 6.39. The predicted molar refractivity (Wildman–Crippen MR) is 77.9 cm³/mol. The van der Waals surface area contributed by atoms with Crippen molar-refractivity contribution >= 4 is 17.2 Å². The molecule has 0 aromatic carbocycles. The number of carbonyl (C=O) groups excluding carboxylic acids is 1. The van der Waals surface area contributed by atoms with Gasteiger partial charge in [0.05, 0.1) is 11.2 Å². The van der Waals surface area contributed by atoms with E-state index >= 15 is 0 Å². The SMILES string of the molecule is CC(C)C(=O)N1CC[C@@H](NCc2cscn2)[C@H](C)C1. The summed E-state index contributed by atoms with van der Waals surface area (Å²) >= 11 is 1.63. The number of thiazole rings is 1. The fourth-order valence-electron chi connectivity index (χ4n) is 2.57. The van der Waals surface area contributed by atoms with Crippen LogP contribution in [0.2, 0.25) is 0 Å². The molecule has 1 fully saturated rings. The van der Waals surface area contributed by atoms with Crippen LogP contribution in [0.4, 0.5) is 0 Å². The van der Waals surface area contributed by atoms with E-state index in [9.17, 15) is 4.79 Å². The van der Waals surface area contributed by atoms with Gasteiger partial charge in [-0.1, -0.05) is 20.8 Å². The zero-order valence-corrected chi connectivity index (χ0v) is 12.7. The van der Waals surface area contributed by atoms with Crippen LogP contribution in [-0.2, 0) is 11.3 Å². The lowest BCUT2D eigenvalue weighted by atomic mass is 9.93. The van der Waals surface area contributed by atoms with Crippen LogP contribution in [0, 0.1) is 11.8 Å². The summed E-state index contributed by atoms with van der Waals surface area (Å²) in [6.07, 6.45) is 1.03.